The van der Waals surface area contributed by atoms with E-state index in [2.05, 4.69) is 6.92 Å². The molecule has 2 rings (SSSR count). The van der Waals surface area contributed by atoms with Gasteiger partial charge in [0.1, 0.15) is 31.2 Å². The first-order valence-corrected chi connectivity index (χ1v) is 16.8. The highest BCUT2D eigenvalue weighted by molar-refractivity contribution is 6.00. The molecule has 4 N–H and O–H groups in total. The predicted molar refractivity (Wildman–Crippen MR) is 178 cm³/mol. The van der Waals surface area contributed by atoms with Crippen molar-refractivity contribution in [1.29, 1.82) is 0 Å². The van der Waals surface area contributed by atoms with Gasteiger partial charge in [-0.15, -0.1) is 0 Å². The van der Waals surface area contributed by atoms with Crippen LogP contribution in [0.15, 0.2) is 42.5 Å². The molecule has 9 nitrogen and oxygen atoms in total. The highest BCUT2D eigenvalue weighted by Gasteiger charge is 2.25. The second-order valence-corrected chi connectivity index (χ2v) is 11.8. The van der Waals surface area contributed by atoms with E-state index < -0.39 is 30.9 Å². The second kappa shape index (κ2) is 22.7. The Bertz CT molecular complexity index is 1140. The van der Waals surface area contributed by atoms with Crippen LogP contribution in [0, 0.1) is 0 Å². The van der Waals surface area contributed by atoms with Crippen LogP contribution < -0.4 is 15.2 Å². The topological polar surface area (TPSA) is 139 Å². The molecular formula is C36H54N2O7. The summed E-state index contributed by atoms with van der Waals surface area (Å²) in [5.74, 6) is -2.78. The van der Waals surface area contributed by atoms with Crippen LogP contribution in [0.1, 0.15) is 126 Å². The average Bonchev–Trinajstić information content (AvgIpc) is 3.00. The number of hydrogen-bond donors (Lipinski definition) is 3. The lowest BCUT2D eigenvalue weighted by atomic mass is 10.0. The van der Waals surface area contributed by atoms with Crippen molar-refractivity contribution >= 4 is 23.5 Å². The highest BCUT2D eigenvalue weighted by atomic mass is 16.5. The van der Waals surface area contributed by atoms with Gasteiger partial charge in [-0.3, -0.25) is 14.4 Å². The van der Waals surface area contributed by atoms with Crippen LogP contribution in [0.4, 0.5) is 5.69 Å². The van der Waals surface area contributed by atoms with E-state index >= 15 is 0 Å². The van der Waals surface area contributed by atoms with Crippen molar-refractivity contribution in [2.75, 3.05) is 25.4 Å². The molecule has 0 aliphatic rings. The van der Waals surface area contributed by atoms with Gasteiger partial charge in [0.25, 0.3) is 5.91 Å². The van der Waals surface area contributed by atoms with Crippen LogP contribution in [0.3, 0.4) is 0 Å². The molecule has 0 atom stereocenters. The third-order valence-corrected chi connectivity index (χ3v) is 7.73. The normalized spacial score (nSPS) is 10.9. The Morgan fingerprint density at radius 1 is 0.689 bits per heavy atom. The Labute approximate surface area is 269 Å². The third kappa shape index (κ3) is 16.8. The van der Waals surface area contributed by atoms with E-state index in [9.17, 15) is 24.6 Å². The summed E-state index contributed by atoms with van der Waals surface area (Å²) in [6.07, 6.45) is 20.6. The maximum atomic E-state index is 13.3. The summed E-state index contributed by atoms with van der Waals surface area (Å²) in [7, 11) is 0. The number of nitrogens with two attached hydrogens (primary N) is 1. The standard InChI is InChI=1S/C36H54N2O7/c1-2-3-4-5-6-7-8-9-10-11-12-13-14-15-16-17-23-44-31-21-22-33(45-28-29-19-18-20-30(37)24-29)32(25-31)36(43)38(26-34(39)40)27-35(41)42/h18-22,24-25H,2-17,23,26-28,37H2,1H3,(H,39,40)(H,41,42). The Balaban J connectivity index is 1.78. The van der Waals surface area contributed by atoms with Gasteiger partial charge in [0.15, 0.2) is 0 Å². The van der Waals surface area contributed by atoms with E-state index in [1.807, 2.05) is 6.07 Å². The van der Waals surface area contributed by atoms with E-state index in [0.717, 1.165) is 29.7 Å². The molecule has 0 aromatic heterocycles. The number of rotatable bonds is 26. The van der Waals surface area contributed by atoms with Crippen molar-refractivity contribution in [3.63, 3.8) is 0 Å². The zero-order valence-electron chi connectivity index (χ0n) is 27.1. The smallest absolute Gasteiger partial charge is 0.323 e. The number of nitrogens with zero attached hydrogens (tertiary/aromatic N) is 1. The first-order valence-electron chi connectivity index (χ1n) is 16.8. The van der Waals surface area contributed by atoms with Gasteiger partial charge in [0.05, 0.1) is 12.2 Å². The summed E-state index contributed by atoms with van der Waals surface area (Å²) < 4.78 is 11.8. The van der Waals surface area contributed by atoms with Crippen molar-refractivity contribution in [2.24, 2.45) is 0 Å². The van der Waals surface area contributed by atoms with E-state index in [1.54, 1.807) is 30.3 Å². The second-order valence-electron chi connectivity index (χ2n) is 11.8. The molecule has 0 saturated heterocycles. The molecule has 0 fully saturated rings. The minimum atomic E-state index is -1.32. The molecule has 250 valence electrons. The van der Waals surface area contributed by atoms with Crippen molar-refractivity contribution in [3.8, 4) is 11.5 Å². The van der Waals surface area contributed by atoms with Crippen molar-refractivity contribution in [3.05, 3.63) is 53.6 Å². The lowest BCUT2D eigenvalue weighted by Gasteiger charge is -2.21. The molecule has 0 bridgehead atoms. The fourth-order valence-corrected chi connectivity index (χ4v) is 5.27. The first-order chi connectivity index (χ1) is 21.8. The van der Waals surface area contributed by atoms with Crippen LogP contribution in [0.5, 0.6) is 11.5 Å². The van der Waals surface area contributed by atoms with Crippen LogP contribution in [0.25, 0.3) is 0 Å². The molecule has 0 aliphatic heterocycles. The van der Waals surface area contributed by atoms with Crippen molar-refractivity contribution in [2.45, 2.75) is 116 Å². The van der Waals surface area contributed by atoms with Gasteiger partial charge in [-0.05, 0) is 42.3 Å². The number of anilines is 1. The molecule has 2 aromatic carbocycles. The largest absolute Gasteiger partial charge is 0.494 e. The number of nitrogen functional groups attached to an aromatic ring is 1. The summed E-state index contributed by atoms with van der Waals surface area (Å²) in [5.41, 5.74) is 7.23. The zero-order chi connectivity index (χ0) is 32.7. The molecule has 45 heavy (non-hydrogen) atoms. The number of unbranched alkanes of at least 4 members (excludes halogenated alkanes) is 15. The van der Waals surface area contributed by atoms with E-state index in [-0.39, 0.29) is 17.9 Å². The Kier molecular flexibility index (Phi) is 18.9. The minimum Gasteiger partial charge on any atom is -0.494 e. The van der Waals surface area contributed by atoms with Crippen LogP contribution in [-0.2, 0) is 16.2 Å². The molecule has 0 unspecified atom stereocenters. The fourth-order valence-electron chi connectivity index (χ4n) is 5.27. The maximum Gasteiger partial charge on any atom is 0.323 e. The van der Waals surface area contributed by atoms with Gasteiger partial charge < -0.3 is 30.3 Å². The number of carbonyl (C=O) groups is 3. The number of amides is 1. The van der Waals surface area contributed by atoms with Crippen molar-refractivity contribution < 1.29 is 34.1 Å². The highest BCUT2D eigenvalue weighted by Crippen LogP contribution is 2.27. The van der Waals surface area contributed by atoms with Crippen LogP contribution in [-0.4, -0.2) is 52.7 Å². The van der Waals surface area contributed by atoms with E-state index in [4.69, 9.17) is 15.2 Å². The maximum absolute atomic E-state index is 13.3. The minimum absolute atomic E-state index is 0.0332. The number of carboxylic acids is 2. The van der Waals surface area contributed by atoms with Gasteiger partial charge in [-0.1, -0.05) is 115 Å². The van der Waals surface area contributed by atoms with E-state index in [0.29, 0.717) is 18.0 Å². The zero-order valence-corrected chi connectivity index (χ0v) is 27.1. The quantitative estimate of drug-likeness (QED) is 0.0703. The number of aliphatic carboxylic acids is 2. The molecular weight excluding hydrogens is 572 g/mol. The van der Waals surface area contributed by atoms with Gasteiger partial charge in [0, 0.05) is 5.69 Å². The number of carboxylic acid groups (broad SMARTS) is 2. The molecule has 0 radical (unpaired) electrons. The Morgan fingerprint density at radius 2 is 1.22 bits per heavy atom. The Morgan fingerprint density at radius 3 is 1.73 bits per heavy atom. The van der Waals surface area contributed by atoms with Crippen LogP contribution >= 0.6 is 0 Å². The van der Waals surface area contributed by atoms with Crippen LogP contribution in [0.2, 0.25) is 0 Å². The number of benzene rings is 2. The number of hydrogen-bond acceptors (Lipinski definition) is 6. The summed E-state index contributed by atoms with van der Waals surface area (Å²) in [5, 5.41) is 18.5. The SMILES string of the molecule is CCCCCCCCCCCCCCCCCCOc1ccc(OCc2cccc(N)c2)c(C(=O)N(CC(=O)O)CC(=O)O)c1. The van der Waals surface area contributed by atoms with Gasteiger partial charge in [-0.2, -0.15) is 0 Å². The lowest BCUT2D eigenvalue weighted by Crippen LogP contribution is -2.39. The van der Waals surface area contributed by atoms with Gasteiger partial charge in [0.2, 0.25) is 0 Å². The first kappa shape index (κ1) is 37.4. The Hall–Kier alpha value is -3.75. The molecule has 2 aromatic rings. The molecule has 0 aliphatic carbocycles. The summed E-state index contributed by atoms with van der Waals surface area (Å²) in [4.78, 5) is 36.8. The molecule has 0 spiro atoms. The average molecular weight is 627 g/mol. The molecule has 9 heteroatoms. The summed E-state index contributed by atoms with van der Waals surface area (Å²) >= 11 is 0. The van der Waals surface area contributed by atoms with Gasteiger partial charge >= 0.3 is 11.9 Å². The predicted octanol–water partition coefficient (Wildman–Crippen LogP) is 8.10. The van der Waals surface area contributed by atoms with Crippen molar-refractivity contribution in [1.82, 2.24) is 4.90 Å². The summed E-state index contributed by atoms with van der Waals surface area (Å²) in [6.45, 7) is 1.33. The number of ether oxygens (including phenoxy) is 2. The molecule has 0 heterocycles. The third-order valence-electron chi connectivity index (χ3n) is 7.73. The molecule has 0 saturated carbocycles. The fraction of sp³-hybridized carbons (Fsp3) is 0.583. The van der Waals surface area contributed by atoms with Gasteiger partial charge in [-0.25, -0.2) is 0 Å². The molecule has 1 amide bonds. The van der Waals surface area contributed by atoms with E-state index in [1.165, 1.54) is 89.5 Å². The summed E-state index contributed by atoms with van der Waals surface area (Å²) in [6, 6.07) is 11.9. The number of carbonyl (C=O) groups excluding carboxylic acids is 1. The lowest BCUT2D eigenvalue weighted by molar-refractivity contribution is -0.140. The monoisotopic (exact) mass is 626 g/mol.